The van der Waals surface area contributed by atoms with Crippen molar-refractivity contribution in [2.75, 3.05) is 59.0 Å². The van der Waals surface area contributed by atoms with E-state index in [1.165, 1.54) is 0 Å². The van der Waals surface area contributed by atoms with Crippen LogP contribution in [0, 0.1) is 0 Å². The number of nitrogens with zero attached hydrogens (tertiary/aromatic N) is 3. The molecule has 1 unspecified atom stereocenters. The van der Waals surface area contributed by atoms with Gasteiger partial charge in [0.25, 0.3) is 10.2 Å². The Bertz CT molecular complexity index is 404. The number of morpholine rings is 1. The Morgan fingerprint density at radius 2 is 1.62 bits per heavy atom. The van der Waals surface area contributed by atoms with Crippen LogP contribution in [0.15, 0.2) is 0 Å². The molecule has 2 N–H and O–H groups in total. The van der Waals surface area contributed by atoms with Crippen molar-refractivity contribution in [2.45, 2.75) is 25.8 Å². The molecule has 2 aliphatic rings. The molecule has 21 heavy (non-hydrogen) atoms. The molecule has 0 spiro atoms. The molecule has 0 aromatic rings. The molecule has 0 aliphatic carbocycles. The maximum Gasteiger partial charge on any atom is 0.282 e. The van der Waals surface area contributed by atoms with E-state index in [0.29, 0.717) is 52.0 Å². The minimum Gasteiger partial charge on any atom is -0.379 e. The van der Waals surface area contributed by atoms with Crippen LogP contribution in [-0.4, -0.2) is 87.0 Å². The van der Waals surface area contributed by atoms with E-state index in [1.54, 1.807) is 8.61 Å². The number of ether oxygens (including phenoxy) is 1. The summed E-state index contributed by atoms with van der Waals surface area (Å²) in [6.07, 6.45) is 2.18. The van der Waals surface area contributed by atoms with Crippen LogP contribution in [0.4, 0.5) is 0 Å². The summed E-state index contributed by atoms with van der Waals surface area (Å²) in [6, 6.07) is 0.378. The Morgan fingerprint density at radius 3 is 2.14 bits per heavy atom. The molecule has 124 valence electrons. The third kappa shape index (κ3) is 4.14. The average Bonchev–Trinajstić information content (AvgIpc) is 2.53. The normalized spacial score (nSPS) is 25.0. The van der Waals surface area contributed by atoms with Crippen molar-refractivity contribution in [3.05, 3.63) is 0 Å². The van der Waals surface area contributed by atoms with Crippen LogP contribution in [0.5, 0.6) is 0 Å². The Morgan fingerprint density at radius 1 is 1.05 bits per heavy atom. The Labute approximate surface area is 128 Å². The van der Waals surface area contributed by atoms with Crippen molar-refractivity contribution in [3.63, 3.8) is 0 Å². The second-order valence-corrected chi connectivity index (χ2v) is 7.56. The van der Waals surface area contributed by atoms with Crippen molar-refractivity contribution in [1.82, 2.24) is 13.5 Å². The first-order valence-electron chi connectivity index (χ1n) is 7.86. The first-order valence-corrected chi connectivity index (χ1v) is 9.26. The summed E-state index contributed by atoms with van der Waals surface area (Å²) in [5.41, 5.74) is 5.83. The predicted molar refractivity (Wildman–Crippen MR) is 82.2 cm³/mol. The lowest BCUT2D eigenvalue weighted by Gasteiger charge is -2.40. The topological polar surface area (TPSA) is 79.1 Å². The van der Waals surface area contributed by atoms with E-state index in [0.717, 1.165) is 25.9 Å². The van der Waals surface area contributed by atoms with Gasteiger partial charge >= 0.3 is 0 Å². The smallest absolute Gasteiger partial charge is 0.282 e. The molecular weight excluding hydrogens is 292 g/mol. The van der Waals surface area contributed by atoms with Crippen molar-refractivity contribution in [1.29, 1.82) is 0 Å². The maximum atomic E-state index is 12.6. The highest BCUT2D eigenvalue weighted by Gasteiger charge is 2.34. The number of hydrogen-bond donors (Lipinski definition) is 1. The molecule has 0 bridgehead atoms. The van der Waals surface area contributed by atoms with Gasteiger partial charge in [-0.05, 0) is 6.42 Å². The molecule has 8 heteroatoms. The SMILES string of the molecule is CCCC(CN)N1CCN(S(=O)(=O)N2CCOCC2)CC1. The van der Waals surface area contributed by atoms with Gasteiger partial charge in [-0.25, -0.2) is 0 Å². The fourth-order valence-corrected chi connectivity index (χ4v) is 4.58. The van der Waals surface area contributed by atoms with Gasteiger partial charge in [0.1, 0.15) is 0 Å². The minimum atomic E-state index is -3.32. The fourth-order valence-electron chi connectivity index (χ4n) is 3.02. The zero-order chi connectivity index (χ0) is 15.3. The van der Waals surface area contributed by atoms with E-state index in [2.05, 4.69) is 11.8 Å². The standard InChI is InChI=1S/C13H28N4O3S/c1-2-3-13(12-14)15-4-6-16(7-5-15)21(18,19)17-8-10-20-11-9-17/h13H,2-12,14H2,1H3. The van der Waals surface area contributed by atoms with Crippen molar-refractivity contribution in [3.8, 4) is 0 Å². The summed E-state index contributed by atoms with van der Waals surface area (Å²) in [5.74, 6) is 0. The van der Waals surface area contributed by atoms with Crippen molar-refractivity contribution >= 4 is 10.2 Å². The van der Waals surface area contributed by atoms with E-state index in [4.69, 9.17) is 10.5 Å². The quantitative estimate of drug-likeness (QED) is 0.701. The Balaban J connectivity index is 1.90. The molecule has 2 heterocycles. The highest BCUT2D eigenvalue weighted by Crippen LogP contribution is 2.16. The molecular formula is C13H28N4O3S. The molecule has 2 saturated heterocycles. The third-order valence-electron chi connectivity index (χ3n) is 4.31. The summed E-state index contributed by atoms with van der Waals surface area (Å²) < 4.78 is 33.5. The molecule has 0 saturated carbocycles. The summed E-state index contributed by atoms with van der Waals surface area (Å²) in [4.78, 5) is 2.33. The second-order valence-electron chi connectivity index (χ2n) is 5.63. The molecule has 2 rings (SSSR count). The maximum absolute atomic E-state index is 12.6. The summed E-state index contributed by atoms with van der Waals surface area (Å²) in [5, 5.41) is 0. The van der Waals surface area contributed by atoms with Crippen LogP contribution in [0.3, 0.4) is 0 Å². The van der Waals surface area contributed by atoms with Gasteiger partial charge in [-0.2, -0.15) is 17.0 Å². The van der Waals surface area contributed by atoms with E-state index in [-0.39, 0.29) is 0 Å². The highest BCUT2D eigenvalue weighted by molar-refractivity contribution is 7.86. The molecule has 1 atom stereocenters. The van der Waals surface area contributed by atoms with Crippen LogP contribution in [0.1, 0.15) is 19.8 Å². The summed E-state index contributed by atoms with van der Waals surface area (Å²) in [6.45, 7) is 7.35. The van der Waals surface area contributed by atoms with Gasteiger partial charge in [-0.15, -0.1) is 0 Å². The zero-order valence-corrected chi connectivity index (χ0v) is 13.7. The van der Waals surface area contributed by atoms with Gasteiger partial charge in [-0.3, -0.25) is 4.90 Å². The molecule has 0 aromatic carbocycles. The summed E-state index contributed by atoms with van der Waals surface area (Å²) in [7, 11) is -3.32. The largest absolute Gasteiger partial charge is 0.379 e. The van der Waals surface area contributed by atoms with Crippen LogP contribution >= 0.6 is 0 Å². The van der Waals surface area contributed by atoms with E-state index in [1.807, 2.05) is 0 Å². The van der Waals surface area contributed by atoms with E-state index < -0.39 is 10.2 Å². The first kappa shape index (κ1) is 17.1. The fraction of sp³-hybridized carbons (Fsp3) is 1.00. The highest BCUT2D eigenvalue weighted by atomic mass is 32.2. The Hall–Kier alpha value is -0.250. The lowest BCUT2D eigenvalue weighted by molar-refractivity contribution is 0.0672. The number of hydrogen-bond acceptors (Lipinski definition) is 5. The van der Waals surface area contributed by atoms with E-state index >= 15 is 0 Å². The van der Waals surface area contributed by atoms with Crippen molar-refractivity contribution < 1.29 is 13.2 Å². The van der Waals surface area contributed by atoms with Crippen LogP contribution in [0.2, 0.25) is 0 Å². The number of nitrogens with two attached hydrogens (primary N) is 1. The van der Waals surface area contributed by atoms with E-state index in [9.17, 15) is 8.42 Å². The van der Waals surface area contributed by atoms with Gasteiger partial charge in [0.2, 0.25) is 0 Å². The zero-order valence-electron chi connectivity index (χ0n) is 12.9. The predicted octanol–water partition coefficient (Wildman–Crippen LogP) is -0.692. The van der Waals surface area contributed by atoms with Crippen LogP contribution < -0.4 is 5.73 Å². The number of rotatable bonds is 6. The second kappa shape index (κ2) is 7.85. The van der Waals surface area contributed by atoms with Gasteiger partial charge in [0.05, 0.1) is 13.2 Å². The van der Waals surface area contributed by atoms with Gasteiger partial charge < -0.3 is 10.5 Å². The average molecular weight is 320 g/mol. The molecule has 2 fully saturated rings. The molecule has 2 aliphatic heterocycles. The number of piperazine rings is 1. The Kier molecular flexibility index (Phi) is 6.39. The third-order valence-corrected chi connectivity index (χ3v) is 6.34. The molecule has 0 radical (unpaired) electrons. The van der Waals surface area contributed by atoms with Gasteiger partial charge in [0, 0.05) is 51.9 Å². The molecule has 0 amide bonds. The van der Waals surface area contributed by atoms with Crippen LogP contribution in [-0.2, 0) is 14.9 Å². The monoisotopic (exact) mass is 320 g/mol. The molecule has 0 aromatic heterocycles. The first-order chi connectivity index (χ1) is 10.1. The minimum absolute atomic E-state index is 0.378. The van der Waals surface area contributed by atoms with Crippen molar-refractivity contribution in [2.24, 2.45) is 5.73 Å². The lowest BCUT2D eigenvalue weighted by Crippen LogP contribution is -2.57. The molecule has 7 nitrogen and oxygen atoms in total. The van der Waals surface area contributed by atoms with Gasteiger partial charge in [-0.1, -0.05) is 13.3 Å². The van der Waals surface area contributed by atoms with Gasteiger partial charge in [0.15, 0.2) is 0 Å². The lowest BCUT2D eigenvalue weighted by atomic mass is 10.1. The summed E-state index contributed by atoms with van der Waals surface area (Å²) >= 11 is 0. The van der Waals surface area contributed by atoms with Crippen LogP contribution in [0.25, 0.3) is 0 Å².